The molecule has 2 aromatic heterocycles. The van der Waals surface area contributed by atoms with Crippen molar-refractivity contribution in [3.63, 3.8) is 0 Å². The van der Waals surface area contributed by atoms with Crippen LogP contribution >= 0.6 is 11.3 Å². The molecule has 32 heavy (non-hydrogen) atoms. The molecule has 0 aliphatic heterocycles. The Morgan fingerprint density at radius 2 is 1.97 bits per heavy atom. The number of nitrogens with one attached hydrogen (secondary N) is 1. The van der Waals surface area contributed by atoms with Crippen LogP contribution in [0, 0.1) is 5.82 Å². The van der Waals surface area contributed by atoms with Gasteiger partial charge >= 0.3 is 0 Å². The zero-order chi connectivity index (χ0) is 22.3. The number of aromatic nitrogens is 3. The van der Waals surface area contributed by atoms with Gasteiger partial charge in [0, 0.05) is 29.3 Å². The second-order valence-electron chi connectivity index (χ2n) is 6.89. The van der Waals surface area contributed by atoms with Crippen molar-refractivity contribution in [2.24, 2.45) is 0 Å². The van der Waals surface area contributed by atoms with E-state index in [-0.39, 0.29) is 11.7 Å². The molecule has 0 fully saturated rings. The zero-order valence-electron chi connectivity index (χ0n) is 17.4. The van der Waals surface area contributed by atoms with Gasteiger partial charge in [0.1, 0.15) is 11.6 Å². The maximum atomic E-state index is 13.0. The Bertz CT molecular complexity index is 1190. The van der Waals surface area contributed by atoms with E-state index in [0.717, 1.165) is 17.0 Å². The largest absolute Gasteiger partial charge is 0.493 e. The number of ether oxygens (including phenoxy) is 1. The third-order valence-corrected chi connectivity index (χ3v) is 5.34. The molecule has 0 atom stereocenters. The molecule has 2 heterocycles. The summed E-state index contributed by atoms with van der Waals surface area (Å²) in [5, 5.41) is 9.16. The first-order chi connectivity index (χ1) is 15.6. The number of amides is 1. The monoisotopic (exact) mass is 452 g/mol. The number of para-hydroxylation sites is 1. The Labute approximate surface area is 188 Å². The first kappa shape index (κ1) is 21.6. The molecule has 7 nitrogen and oxygen atoms in total. The summed E-state index contributed by atoms with van der Waals surface area (Å²) < 4.78 is 23.9. The summed E-state index contributed by atoms with van der Waals surface area (Å²) in [5.41, 5.74) is 2.32. The van der Waals surface area contributed by atoms with E-state index in [0.29, 0.717) is 48.3 Å². The topological polar surface area (TPSA) is 90.1 Å². The summed E-state index contributed by atoms with van der Waals surface area (Å²) in [4.78, 5) is 21.1. The van der Waals surface area contributed by atoms with Crippen molar-refractivity contribution in [2.75, 3.05) is 11.9 Å². The maximum absolute atomic E-state index is 13.0. The average Bonchev–Trinajstić information content (AvgIpc) is 3.45. The van der Waals surface area contributed by atoms with Crippen molar-refractivity contribution in [2.45, 2.75) is 26.2 Å². The molecule has 0 aliphatic rings. The van der Waals surface area contributed by atoms with Gasteiger partial charge in [0.25, 0.3) is 0 Å². The number of nitrogens with zero attached hydrogens (tertiary/aromatic N) is 3. The number of aryl methyl sites for hydroxylation is 1. The van der Waals surface area contributed by atoms with E-state index < -0.39 is 0 Å². The van der Waals surface area contributed by atoms with Gasteiger partial charge in [-0.25, -0.2) is 9.37 Å². The second kappa shape index (κ2) is 10.1. The number of rotatable bonds is 9. The minimum Gasteiger partial charge on any atom is -0.493 e. The highest BCUT2D eigenvalue weighted by Gasteiger charge is 2.13. The Hall–Kier alpha value is -3.59. The normalized spacial score (nSPS) is 10.8. The summed E-state index contributed by atoms with van der Waals surface area (Å²) in [6, 6.07) is 13.5. The first-order valence-corrected chi connectivity index (χ1v) is 11.1. The van der Waals surface area contributed by atoms with Crippen molar-refractivity contribution in [3.8, 4) is 28.4 Å². The summed E-state index contributed by atoms with van der Waals surface area (Å²) in [6.45, 7) is 2.50. The van der Waals surface area contributed by atoms with E-state index >= 15 is 0 Å². The van der Waals surface area contributed by atoms with Gasteiger partial charge < -0.3 is 14.6 Å². The van der Waals surface area contributed by atoms with Crippen molar-refractivity contribution in [1.29, 1.82) is 0 Å². The molecule has 0 saturated carbocycles. The number of carbonyl (C=O) groups excluding carboxylic acids is 1. The Balaban J connectivity index is 1.29. The predicted octanol–water partition coefficient (Wildman–Crippen LogP) is 5.36. The van der Waals surface area contributed by atoms with E-state index in [1.807, 2.05) is 36.6 Å². The molecule has 1 N–H and O–H groups in total. The van der Waals surface area contributed by atoms with Crippen LogP contribution < -0.4 is 10.1 Å². The lowest BCUT2D eigenvalue weighted by Gasteiger charge is -2.07. The van der Waals surface area contributed by atoms with Gasteiger partial charge in [-0.15, -0.1) is 11.3 Å². The van der Waals surface area contributed by atoms with E-state index in [2.05, 4.69) is 20.4 Å². The van der Waals surface area contributed by atoms with Gasteiger partial charge in [-0.05, 0) is 49.7 Å². The number of anilines is 1. The highest BCUT2D eigenvalue weighted by atomic mass is 32.1. The number of thiazole rings is 1. The van der Waals surface area contributed by atoms with E-state index in [4.69, 9.17) is 9.26 Å². The lowest BCUT2D eigenvalue weighted by atomic mass is 10.1. The molecule has 0 bridgehead atoms. The molecule has 9 heteroatoms. The molecule has 0 radical (unpaired) electrons. The quantitative estimate of drug-likeness (QED) is 0.368. The van der Waals surface area contributed by atoms with Crippen LogP contribution in [0.25, 0.3) is 22.6 Å². The lowest BCUT2D eigenvalue weighted by molar-refractivity contribution is -0.116. The molecular weight excluding hydrogens is 431 g/mol. The van der Waals surface area contributed by atoms with Crippen LogP contribution in [-0.2, 0) is 11.2 Å². The van der Waals surface area contributed by atoms with Gasteiger partial charge in [0.2, 0.25) is 17.6 Å². The number of hydrogen-bond donors (Lipinski definition) is 1. The van der Waals surface area contributed by atoms with Crippen LogP contribution in [0.2, 0.25) is 0 Å². The Morgan fingerprint density at radius 1 is 1.16 bits per heavy atom. The molecule has 4 rings (SSSR count). The number of hydrogen-bond acceptors (Lipinski definition) is 7. The molecule has 2 aromatic carbocycles. The van der Waals surface area contributed by atoms with Gasteiger partial charge in [-0.2, -0.15) is 4.98 Å². The number of benzene rings is 2. The van der Waals surface area contributed by atoms with Gasteiger partial charge in [-0.1, -0.05) is 17.3 Å². The molecule has 1 amide bonds. The van der Waals surface area contributed by atoms with Crippen molar-refractivity contribution < 1.29 is 18.4 Å². The fraction of sp³-hybridized carbons (Fsp3) is 0.217. The highest BCUT2D eigenvalue weighted by molar-refractivity contribution is 7.14. The van der Waals surface area contributed by atoms with Crippen molar-refractivity contribution in [3.05, 3.63) is 65.6 Å². The van der Waals surface area contributed by atoms with E-state index in [1.54, 1.807) is 12.1 Å². The molecule has 0 spiro atoms. The molecule has 0 unspecified atom stereocenters. The summed E-state index contributed by atoms with van der Waals surface area (Å²) in [5.74, 6) is 1.13. The van der Waals surface area contributed by atoms with Crippen LogP contribution in [0.4, 0.5) is 9.52 Å². The van der Waals surface area contributed by atoms with Crippen LogP contribution in [0.15, 0.2) is 58.4 Å². The van der Waals surface area contributed by atoms with Crippen molar-refractivity contribution >= 4 is 22.4 Å². The van der Waals surface area contributed by atoms with Gasteiger partial charge in [0.15, 0.2) is 5.13 Å². The predicted molar refractivity (Wildman–Crippen MR) is 120 cm³/mol. The van der Waals surface area contributed by atoms with Crippen LogP contribution in [0.3, 0.4) is 0 Å². The SMILES string of the molecule is CCOc1ccccc1-c1csc(NC(=O)CCCc2nc(-c3ccc(F)cc3)no2)n1. The highest BCUT2D eigenvalue weighted by Crippen LogP contribution is 2.32. The Morgan fingerprint density at radius 3 is 2.78 bits per heavy atom. The van der Waals surface area contributed by atoms with Crippen LogP contribution in [0.5, 0.6) is 5.75 Å². The second-order valence-corrected chi connectivity index (χ2v) is 7.75. The smallest absolute Gasteiger partial charge is 0.226 e. The van der Waals surface area contributed by atoms with Crippen molar-refractivity contribution in [1.82, 2.24) is 15.1 Å². The standard InChI is InChI=1S/C23H21FN4O3S/c1-2-30-19-7-4-3-6-17(19)18-14-32-23(25-18)26-20(29)8-5-9-21-27-22(28-31-21)15-10-12-16(24)13-11-15/h3-4,6-7,10-14H,2,5,8-9H2,1H3,(H,25,26,29). The molecule has 164 valence electrons. The minimum atomic E-state index is -0.325. The average molecular weight is 453 g/mol. The zero-order valence-corrected chi connectivity index (χ0v) is 18.2. The Kier molecular flexibility index (Phi) is 6.86. The van der Waals surface area contributed by atoms with Gasteiger partial charge in [0.05, 0.1) is 12.3 Å². The lowest BCUT2D eigenvalue weighted by Crippen LogP contribution is -2.11. The van der Waals surface area contributed by atoms with E-state index in [1.165, 1.54) is 23.5 Å². The molecule has 0 aliphatic carbocycles. The number of carbonyl (C=O) groups is 1. The molecular formula is C23H21FN4O3S. The summed E-state index contributed by atoms with van der Waals surface area (Å²) >= 11 is 1.37. The molecule has 0 saturated heterocycles. The summed E-state index contributed by atoms with van der Waals surface area (Å²) in [6.07, 6.45) is 1.30. The third-order valence-electron chi connectivity index (χ3n) is 4.58. The third kappa shape index (κ3) is 5.36. The minimum absolute atomic E-state index is 0.137. The van der Waals surface area contributed by atoms with Crippen LogP contribution in [-0.4, -0.2) is 27.6 Å². The fourth-order valence-corrected chi connectivity index (χ4v) is 3.80. The summed E-state index contributed by atoms with van der Waals surface area (Å²) in [7, 11) is 0. The fourth-order valence-electron chi connectivity index (χ4n) is 3.07. The molecule has 4 aromatic rings. The van der Waals surface area contributed by atoms with Crippen LogP contribution in [0.1, 0.15) is 25.7 Å². The number of halogens is 1. The van der Waals surface area contributed by atoms with Gasteiger partial charge in [-0.3, -0.25) is 4.79 Å². The first-order valence-electron chi connectivity index (χ1n) is 10.2. The maximum Gasteiger partial charge on any atom is 0.226 e. The van der Waals surface area contributed by atoms with E-state index in [9.17, 15) is 9.18 Å².